The summed E-state index contributed by atoms with van der Waals surface area (Å²) in [7, 11) is 0. The number of halogens is 1. The van der Waals surface area contributed by atoms with E-state index in [-0.39, 0.29) is 18.0 Å². The molecule has 1 amide bonds. The Morgan fingerprint density at radius 1 is 1.40 bits per heavy atom. The lowest BCUT2D eigenvalue weighted by Gasteiger charge is -2.21. The summed E-state index contributed by atoms with van der Waals surface area (Å²) in [6, 6.07) is 5.18. The minimum absolute atomic E-state index is 0.0165. The molecule has 0 atom stereocenters. The highest BCUT2D eigenvalue weighted by Crippen LogP contribution is 2.27. The normalized spacial score (nSPS) is 15.1. The van der Waals surface area contributed by atoms with Gasteiger partial charge < -0.3 is 14.5 Å². The molecule has 0 aliphatic carbocycles. The lowest BCUT2D eigenvalue weighted by molar-refractivity contribution is 0.0795. The standard InChI is InChI=1S/C18H19ClN2O4/c1-11-9-15(12-4-7-24-8-5-12)25-18(23)16(11)17(22)21-10-14-13(19)3-2-6-20-14/h2-3,6,9,12H,4-5,7-8,10H2,1H3,(H,21,22). The van der Waals surface area contributed by atoms with Gasteiger partial charge in [-0.25, -0.2) is 4.79 Å². The fraction of sp³-hybridized carbons (Fsp3) is 0.389. The molecule has 132 valence electrons. The van der Waals surface area contributed by atoms with Crippen LogP contribution in [0.1, 0.15) is 46.1 Å². The smallest absolute Gasteiger partial charge is 0.349 e. The number of aromatic nitrogens is 1. The molecule has 7 heteroatoms. The Balaban J connectivity index is 1.76. The minimum atomic E-state index is -0.619. The molecule has 3 rings (SSSR count). The Morgan fingerprint density at radius 3 is 2.84 bits per heavy atom. The van der Waals surface area contributed by atoms with E-state index in [2.05, 4.69) is 10.3 Å². The van der Waals surface area contributed by atoms with Gasteiger partial charge in [0.05, 0.1) is 17.3 Å². The summed E-state index contributed by atoms with van der Waals surface area (Å²) in [6.45, 7) is 3.18. The molecule has 25 heavy (non-hydrogen) atoms. The van der Waals surface area contributed by atoms with E-state index in [0.717, 1.165) is 12.8 Å². The molecule has 2 aromatic rings. The van der Waals surface area contributed by atoms with Crippen LogP contribution in [0.4, 0.5) is 0 Å². The molecule has 6 nitrogen and oxygen atoms in total. The molecule has 1 aliphatic heterocycles. The number of pyridine rings is 1. The van der Waals surface area contributed by atoms with Gasteiger partial charge >= 0.3 is 5.63 Å². The zero-order valence-electron chi connectivity index (χ0n) is 13.9. The SMILES string of the molecule is Cc1cc(C2CCOCC2)oc(=O)c1C(=O)NCc1ncccc1Cl. The van der Waals surface area contributed by atoms with E-state index in [1.165, 1.54) is 0 Å². The van der Waals surface area contributed by atoms with Gasteiger partial charge in [-0.05, 0) is 43.5 Å². The summed E-state index contributed by atoms with van der Waals surface area (Å²) < 4.78 is 10.7. The molecule has 0 unspecified atom stereocenters. The average Bonchev–Trinajstić information content (AvgIpc) is 2.61. The van der Waals surface area contributed by atoms with Crippen LogP contribution in [0.25, 0.3) is 0 Å². The summed E-state index contributed by atoms with van der Waals surface area (Å²) in [6.07, 6.45) is 3.22. The predicted molar refractivity (Wildman–Crippen MR) is 92.9 cm³/mol. The molecule has 1 fully saturated rings. The van der Waals surface area contributed by atoms with Gasteiger partial charge in [-0.15, -0.1) is 0 Å². The first kappa shape index (κ1) is 17.6. The molecular formula is C18H19ClN2O4. The molecule has 0 radical (unpaired) electrons. The van der Waals surface area contributed by atoms with Gasteiger partial charge in [-0.2, -0.15) is 0 Å². The highest BCUT2D eigenvalue weighted by molar-refractivity contribution is 6.31. The number of rotatable bonds is 4. The van der Waals surface area contributed by atoms with Crippen LogP contribution in [0.2, 0.25) is 5.02 Å². The van der Waals surface area contributed by atoms with Crippen LogP contribution in [-0.2, 0) is 11.3 Å². The average molecular weight is 363 g/mol. The quantitative estimate of drug-likeness (QED) is 0.904. The Labute approximate surface area is 150 Å². The van der Waals surface area contributed by atoms with Gasteiger partial charge in [-0.1, -0.05) is 11.6 Å². The summed E-state index contributed by atoms with van der Waals surface area (Å²) in [5.74, 6) is 0.284. The number of aryl methyl sites for hydroxylation is 1. The third-order valence-electron chi connectivity index (χ3n) is 4.27. The maximum atomic E-state index is 12.4. The van der Waals surface area contributed by atoms with Crippen LogP contribution in [0.15, 0.2) is 33.6 Å². The van der Waals surface area contributed by atoms with E-state index in [0.29, 0.717) is 35.3 Å². The lowest BCUT2D eigenvalue weighted by Crippen LogP contribution is -2.30. The summed E-state index contributed by atoms with van der Waals surface area (Å²) in [4.78, 5) is 28.8. The van der Waals surface area contributed by atoms with Gasteiger partial charge in [-0.3, -0.25) is 9.78 Å². The first-order valence-corrected chi connectivity index (χ1v) is 8.54. The van der Waals surface area contributed by atoms with Gasteiger partial charge in [0, 0.05) is 25.3 Å². The third-order valence-corrected chi connectivity index (χ3v) is 4.61. The summed E-state index contributed by atoms with van der Waals surface area (Å²) >= 11 is 6.02. The molecule has 0 saturated carbocycles. The number of ether oxygens (including phenoxy) is 1. The Morgan fingerprint density at radius 2 is 2.16 bits per heavy atom. The second-order valence-corrected chi connectivity index (χ2v) is 6.40. The van der Waals surface area contributed by atoms with E-state index >= 15 is 0 Å². The maximum Gasteiger partial charge on any atom is 0.349 e. The molecular weight excluding hydrogens is 344 g/mol. The van der Waals surface area contributed by atoms with Gasteiger partial charge in [0.1, 0.15) is 11.3 Å². The van der Waals surface area contributed by atoms with Crippen molar-refractivity contribution in [2.45, 2.75) is 32.2 Å². The predicted octanol–water partition coefficient (Wildman–Crippen LogP) is 2.82. The monoisotopic (exact) mass is 362 g/mol. The zero-order chi connectivity index (χ0) is 17.8. The Bertz CT molecular complexity index is 828. The van der Waals surface area contributed by atoms with Crippen molar-refractivity contribution in [2.75, 3.05) is 13.2 Å². The third kappa shape index (κ3) is 4.08. The van der Waals surface area contributed by atoms with Crippen LogP contribution in [0, 0.1) is 6.92 Å². The van der Waals surface area contributed by atoms with Crippen molar-refractivity contribution in [2.24, 2.45) is 0 Å². The highest BCUT2D eigenvalue weighted by atomic mass is 35.5. The van der Waals surface area contributed by atoms with Crippen molar-refractivity contribution in [3.05, 3.63) is 62.4 Å². The number of hydrogen-bond acceptors (Lipinski definition) is 5. The van der Waals surface area contributed by atoms with Crippen molar-refractivity contribution in [1.29, 1.82) is 0 Å². The minimum Gasteiger partial charge on any atom is -0.427 e. The van der Waals surface area contributed by atoms with Crippen molar-refractivity contribution in [1.82, 2.24) is 10.3 Å². The van der Waals surface area contributed by atoms with Crippen molar-refractivity contribution >= 4 is 17.5 Å². The molecule has 0 spiro atoms. The number of hydrogen-bond donors (Lipinski definition) is 1. The molecule has 3 heterocycles. The first-order valence-electron chi connectivity index (χ1n) is 8.16. The zero-order valence-corrected chi connectivity index (χ0v) is 14.6. The summed E-state index contributed by atoms with van der Waals surface area (Å²) in [5, 5.41) is 3.13. The maximum absolute atomic E-state index is 12.4. The highest BCUT2D eigenvalue weighted by Gasteiger charge is 2.22. The molecule has 1 saturated heterocycles. The molecule has 2 aromatic heterocycles. The van der Waals surface area contributed by atoms with Crippen LogP contribution >= 0.6 is 11.6 Å². The van der Waals surface area contributed by atoms with E-state index < -0.39 is 11.5 Å². The van der Waals surface area contributed by atoms with Crippen LogP contribution in [-0.4, -0.2) is 24.1 Å². The molecule has 1 aliphatic rings. The van der Waals surface area contributed by atoms with Crippen LogP contribution in [0.3, 0.4) is 0 Å². The van der Waals surface area contributed by atoms with Crippen LogP contribution in [0.5, 0.6) is 0 Å². The topological polar surface area (TPSA) is 81.4 Å². The lowest BCUT2D eigenvalue weighted by atomic mass is 9.95. The largest absolute Gasteiger partial charge is 0.427 e. The number of nitrogens with zero attached hydrogens (tertiary/aromatic N) is 1. The molecule has 1 N–H and O–H groups in total. The van der Waals surface area contributed by atoms with E-state index in [1.54, 1.807) is 31.3 Å². The van der Waals surface area contributed by atoms with Crippen molar-refractivity contribution in [3.8, 4) is 0 Å². The number of amides is 1. The number of nitrogens with one attached hydrogen (secondary N) is 1. The van der Waals surface area contributed by atoms with Crippen molar-refractivity contribution < 1.29 is 13.9 Å². The summed E-state index contributed by atoms with van der Waals surface area (Å²) in [5.41, 5.74) is 0.537. The first-order chi connectivity index (χ1) is 12.1. The van der Waals surface area contributed by atoms with E-state index in [9.17, 15) is 9.59 Å². The van der Waals surface area contributed by atoms with Gasteiger partial charge in [0.25, 0.3) is 5.91 Å². The van der Waals surface area contributed by atoms with Gasteiger partial charge in [0.15, 0.2) is 0 Å². The fourth-order valence-electron chi connectivity index (χ4n) is 2.89. The number of carbonyl (C=O) groups is 1. The second-order valence-electron chi connectivity index (χ2n) is 6.00. The van der Waals surface area contributed by atoms with E-state index in [1.807, 2.05) is 0 Å². The Kier molecular flexibility index (Phi) is 5.50. The van der Waals surface area contributed by atoms with Gasteiger partial charge in [0.2, 0.25) is 0 Å². The Hall–Kier alpha value is -2.18. The molecule has 0 aromatic carbocycles. The number of carbonyl (C=O) groups excluding carboxylic acids is 1. The second kappa shape index (κ2) is 7.80. The fourth-order valence-corrected chi connectivity index (χ4v) is 3.08. The molecule has 0 bridgehead atoms. The van der Waals surface area contributed by atoms with E-state index in [4.69, 9.17) is 20.8 Å². The van der Waals surface area contributed by atoms with Crippen LogP contribution < -0.4 is 10.9 Å². The van der Waals surface area contributed by atoms with Crippen molar-refractivity contribution in [3.63, 3.8) is 0 Å².